The first-order valence-corrected chi connectivity index (χ1v) is 6.11. The Morgan fingerprint density at radius 1 is 1.33 bits per heavy atom. The van der Waals surface area contributed by atoms with Crippen LogP contribution in [-0.2, 0) is 14.4 Å². The van der Waals surface area contributed by atoms with Gasteiger partial charge in [-0.3, -0.25) is 9.59 Å². The summed E-state index contributed by atoms with van der Waals surface area (Å²) >= 11 is 0. The molecule has 1 aliphatic rings. The van der Waals surface area contributed by atoms with Crippen molar-refractivity contribution < 1.29 is 19.5 Å². The molecule has 0 spiro atoms. The molecular weight excluding hydrogens is 236 g/mol. The van der Waals surface area contributed by atoms with Crippen molar-refractivity contribution in [1.82, 2.24) is 10.2 Å². The predicted molar refractivity (Wildman–Crippen MR) is 64.9 cm³/mol. The fourth-order valence-electron chi connectivity index (χ4n) is 2.30. The summed E-state index contributed by atoms with van der Waals surface area (Å²) in [7, 11) is 0. The number of hydrogen-bond donors (Lipinski definition) is 2. The normalized spacial score (nSPS) is 25.4. The van der Waals surface area contributed by atoms with Gasteiger partial charge in [-0.25, -0.2) is 4.79 Å². The molecule has 1 heterocycles. The number of aliphatic carboxylic acids is 1. The molecular formula is C12H20N2O4. The number of rotatable bonds is 3. The molecule has 1 saturated heterocycles. The summed E-state index contributed by atoms with van der Waals surface area (Å²) in [6, 6.07) is -0.695. The van der Waals surface area contributed by atoms with Gasteiger partial charge in [0.15, 0.2) is 0 Å². The fourth-order valence-corrected chi connectivity index (χ4v) is 2.30. The van der Waals surface area contributed by atoms with E-state index in [1.165, 1.54) is 11.8 Å². The largest absolute Gasteiger partial charge is 0.480 e. The molecule has 6 nitrogen and oxygen atoms in total. The second-order valence-corrected chi connectivity index (χ2v) is 4.95. The molecule has 1 rings (SSSR count). The first kappa shape index (κ1) is 14.5. The van der Waals surface area contributed by atoms with Gasteiger partial charge in [-0.2, -0.15) is 0 Å². The number of nitrogens with zero attached hydrogens (tertiary/aromatic N) is 1. The number of carbonyl (C=O) groups is 3. The van der Waals surface area contributed by atoms with Gasteiger partial charge in [0, 0.05) is 13.5 Å². The van der Waals surface area contributed by atoms with E-state index in [2.05, 4.69) is 5.32 Å². The Bertz CT molecular complexity index is 369. The lowest BCUT2D eigenvalue weighted by atomic mass is 9.88. The van der Waals surface area contributed by atoms with Gasteiger partial charge >= 0.3 is 5.97 Å². The third-order valence-corrected chi connectivity index (χ3v) is 3.41. The molecule has 2 atom stereocenters. The van der Waals surface area contributed by atoms with Crippen molar-refractivity contribution in [2.24, 2.45) is 0 Å². The van der Waals surface area contributed by atoms with Gasteiger partial charge in [0.25, 0.3) is 0 Å². The lowest BCUT2D eigenvalue weighted by Gasteiger charge is -2.42. The molecule has 2 N–H and O–H groups in total. The molecule has 0 radical (unpaired) electrons. The van der Waals surface area contributed by atoms with Gasteiger partial charge in [-0.15, -0.1) is 0 Å². The minimum absolute atomic E-state index is 0.301. The average molecular weight is 256 g/mol. The number of carboxylic acid groups (broad SMARTS) is 1. The van der Waals surface area contributed by atoms with E-state index in [0.29, 0.717) is 13.0 Å². The summed E-state index contributed by atoms with van der Waals surface area (Å²) < 4.78 is 0. The number of amides is 2. The Kier molecular flexibility index (Phi) is 4.32. The number of nitrogens with one attached hydrogen (secondary N) is 1. The molecule has 1 fully saturated rings. The molecule has 6 heteroatoms. The van der Waals surface area contributed by atoms with Gasteiger partial charge < -0.3 is 15.3 Å². The molecule has 18 heavy (non-hydrogen) atoms. The maximum Gasteiger partial charge on any atom is 0.329 e. The van der Waals surface area contributed by atoms with Gasteiger partial charge in [0.05, 0.1) is 0 Å². The minimum Gasteiger partial charge on any atom is -0.480 e. The lowest BCUT2D eigenvalue weighted by Crippen LogP contribution is -2.61. The molecule has 0 aromatic rings. The van der Waals surface area contributed by atoms with E-state index in [9.17, 15) is 19.5 Å². The molecule has 2 amide bonds. The lowest BCUT2D eigenvalue weighted by molar-refractivity contribution is -0.161. The van der Waals surface area contributed by atoms with Crippen LogP contribution in [0.2, 0.25) is 0 Å². The van der Waals surface area contributed by atoms with E-state index in [1.807, 2.05) is 0 Å². The van der Waals surface area contributed by atoms with Crippen LogP contribution in [0, 0.1) is 0 Å². The molecule has 2 unspecified atom stereocenters. The van der Waals surface area contributed by atoms with Crippen molar-refractivity contribution in [3.05, 3.63) is 0 Å². The van der Waals surface area contributed by atoms with Gasteiger partial charge in [0.1, 0.15) is 11.6 Å². The maximum absolute atomic E-state index is 12.2. The summed E-state index contributed by atoms with van der Waals surface area (Å²) in [4.78, 5) is 35.9. The van der Waals surface area contributed by atoms with E-state index in [0.717, 1.165) is 12.8 Å². The van der Waals surface area contributed by atoms with E-state index in [-0.39, 0.29) is 11.8 Å². The first-order valence-electron chi connectivity index (χ1n) is 6.11. The third kappa shape index (κ3) is 2.80. The van der Waals surface area contributed by atoms with Crippen molar-refractivity contribution in [1.29, 1.82) is 0 Å². The molecule has 0 aliphatic carbocycles. The number of likely N-dealkylation sites (tertiary alicyclic amines) is 1. The van der Waals surface area contributed by atoms with Crippen LogP contribution in [0.25, 0.3) is 0 Å². The third-order valence-electron chi connectivity index (χ3n) is 3.41. The summed E-state index contributed by atoms with van der Waals surface area (Å²) in [5, 5.41) is 11.8. The molecule has 0 aromatic heterocycles. The number of hydrogen-bond acceptors (Lipinski definition) is 3. The quantitative estimate of drug-likeness (QED) is 0.763. The van der Waals surface area contributed by atoms with Crippen LogP contribution < -0.4 is 5.32 Å². The van der Waals surface area contributed by atoms with E-state index < -0.39 is 17.6 Å². The molecule has 0 aromatic carbocycles. The Labute approximate surface area is 106 Å². The Hall–Kier alpha value is -1.59. The zero-order chi connectivity index (χ0) is 13.9. The highest BCUT2D eigenvalue weighted by Gasteiger charge is 2.44. The first-order chi connectivity index (χ1) is 8.29. The van der Waals surface area contributed by atoms with Crippen molar-refractivity contribution in [2.75, 3.05) is 6.54 Å². The highest BCUT2D eigenvalue weighted by Crippen LogP contribution is 2.28. The van der Waals surface area contributed by atoms with Gasteiger partial charge in [-0.1, -0.05) is 0 Å². The number of carboxylic acids is 1. The predicted octanol–water partition coefficient (Wildman–Crippen LogP) is 0.367. The van der Waals surface area contributed by atoms with Crippen LogP contribution in [0.3, 0.4) is 0 Å². The standard InChI is InChI=1S/C12H20N2O4/c1-8(13-9(2)15)10(16)14-7-5-4-6-12(14,3)11(17)18/h8H,4-7H2,1-3H3,(H,13,15)(H,17,18). The molecule has 102 valence electrons. The average Bonchev–Trinajstić information content (AvgIpc) is 2.27. The SMILES string of the molecule is CC(=O)NC(C)C(=O)N1CCCCC1(C)C(=O)O. The van der Waals surface area contributed by atoms with Crippen molar-refractivity contribution in [3.63, 3.8) is 0 Å². The topological polar surface area (TPSA) is 86.7 Å². The Balaban J connectivity index is 2.87. The molecule has 0 bridgehead atoms. The summed E-state index contributed by atoms with van der Waals surface area (Å²) in [5.41, 5.74) is -1.16. The summed E-state index contributed by atoms with van der Waals surface area (Å²) in [6.45, 7) is 4.88. The van der Waals surface area contributed by atoms with Crippen molar-refractivity contribution in [2.45, 2.75) is 51.6 Å². The summed E-state index contributed by atoms with van der Waals surface area (Å²) in [6.07, 6.45) is 2.03. The fraction of sp³-hybridized carbons (Fsp3) is 0.750. The Morgan fingerprint density at radius 2 is 1.94 bits per heavy atom. The zero-order valence-corrected chi connectivity index (χ0v) is 11.0. The number of carbonyl (C=O) groups excluding carboxylic acids is 2. The van der Waals surface area contributed by atoms with Gasteiger partial charge in [0.2, 0.25) is 11.8 Å². The van der Waals surface area contributed by atoms with Crippen LogP contribution in [0.4, 0.5) is 0 Å². The monoisotopic (exact) mass is 256 g/mol. The maximum atomic E-state index is 12.2. The highest BCUT2D eigenvalue weighted by atomic mass is 16.4. The van der Waals surface area contributed by atoms with Crippen LogP contribution in [0.5, 0.6) is 0 Å². The second-order valence-electron chi connectivity index (χ2n) is 4.95. The van der Waals surface area contributed by atoms with E-state index in [1.54, 1.807) is 13.8 Å². The Morgan fingerprint density at radius 3 is 2.44 bits per heavy atom. The van der Waals surface area contributed by atoms with Crippen LogP contribution in [0.1, 0.15) is 40.0 Å². The van der Waals surface area contributed by atoms with Crippen LogP contribution >= 0.6 is 0 Å². The molecule has 0 saturated carbocycles. The van der Waals surface area contributed by atoms with Crippen molar-refractivity contribution in [3.8, 4) is 0 Å². The van der Waals surface area contributed by atoms with Crippen LogP contribution in [-0.4, -0.2) is 45.9 Å². The number of piperidine rings is 1. The summed E-state index contributed by atoms with van der Waals surface area (Å²) in [5.74, 6) is -1.63. The van der Waals surface area contributed by atoms with E-state index >= 15 is 0 Å². The zero-order valence-electron chi connectivity index (χ0n) is 11.0. The van der Waals surface area contributed by atoms with Gasteiger partial charge in [-0.05, 0) is 33.1 Å². The smallest absolute Gasteiger partial charge is 0.329 e. The van der Waals surface area contributed by atoms with Crippen LogP contribution in [0.15, 0.2) is 0 Å². The minimum atomic E-state index is -1.16. The van der Waals surface area contributed by atoms with E-state index in [4.69, 9.17) is 0 Å². The second kappa shape index (κ2) is 5.37. The highest BCUT2D eigenvalue weighted by molar-refractivity contribution is 5.91. The van der Waals surface area contributed by atoms with Crippen molar-refractivity contribution >= 4 is 17.8 Å². The molecule has 1 aliphatic heterocycles.